The lowest BCUT2D eigenvalue weighted by molar-refractivity contribution is 0.0937. The van der Waals surface area contributed by atoms with E-state index in [1.165, 1.54) is 12.1 Å². The van der Waals surface area contributed by atoms with E-state index in [0.29, 0.717) is 21.6 Å². The molecule has 7 heteroatoms. The van der Waals surface area contributed by atoms with Crippen LogP contribution in [0.3, 0.4) is 0 Å². The Morgan fingerprint density at radius 1 is 1.17 bits per heavy atom. The molecule has 23 heavy (non-hydrogen) atoms. The third kappa shape index (κ3) is 3.84. The van der Waals surface area contributed by atoms with Gasteiger partial charge in [-0.1, -0.05) is 12.1 Å². The summed E-state index contributed by atoms with van der Waals surface area (Å²) in [5.74, 6) is 0.954. The summed E-state index contributed by atoms with van der Waals surface area (Å²) in [7, 11) is -3.23. The number of hydrogen-bond donors (Lipinski definition) is 1. The van der Waals surface area contributed by atoms with Crippen LogP contribution in [0, 0.1) is 13.8 Å². The zero-order chi connectivity index (χ0) is 17.4. The second-order valence-electron chi connectivity index (χ2n) is 5.44. The van der Waals surface area contributed by atoms with Gasteiger partial charge in [0.05, 0.1) is 21.0 Å². The Kier molecular flexibility index (Phi) is 5.01. The first-order valence-corrected chi connectivity index (χ1v) is 9.66. The highest BCUT2D eigenvalue weighted by Gasteiger charge is 2.21. The maximum atomic E-state index is 12.4. The zero-order valence-electron chi connectivity index (χ0n) is 13.3. The van der Waals surface area contributed by atoms with Gasteiger partial charge in [-0.25, -0.2) is 8.42 Å². The van der Waals surface area contributed by atoms with E-state index in [2.05, 4.69) is 21.2 Å². The van der Waals surface area contributed by atoms with E-state index >= 15 is 0 Å². The number of halogens is 1. The minimum atomic E-state index is -3.23. The number of nitrogens with one attached hydrogen (secondary N) is 1. The minimum absolute atomic E-state index is 0.245. The molecule has 1 atom stereocenters. The number of benzene rings is 1. The summed E-state index contributed by atoms with van der Waals surface area (Å²) < 4.78 is 29.0. The molecule has 2 rings (SSSR count). The molecule has 0 spiro atoms. The number of sulfone groups is 1. The summed E-state index contributed by atoms with van der Waals surface area (Å²) in [4.78, 5) is 12.7. The van der Waals surface area contributed by atoms with Crippen molar-refractivity contribution in [3.63, 3.8) is 0 Å². The van der Waals surface area contributed by atoms with Crippen LogP contribution in [0.5, 0.6) is 0 Å². The van der Waals surface area contributed by atoms with Crippen LogP contribution >= 0.6 is 15.9 Å². The fraction of sp³-hybridized carbons (Fsp3) is 0.312. The van der Waals surface area contributed by atoms with Gasteiger partial charge >= 0.3 is 0 Å². The quantitative estimate of drug-likeness (QED) is 0.852. The molecule has 0 saturated carbocycles. The molecule has 1 aromatic carbocycles. The number of aryl methyl sites for hydroxylation is 2. The van der Waals surface area contributed by atoms with Crippen LogP contribution in [-0.4, -0.2) is 20.6 Å². The van der Waals surface area contributed by atoms with E-state index in [1.807, 2.05) is 6.92 Å². The summed E-state index contributed by atoms with van der Waals surface area (Å²) in [5.41, 5.74) is 1.29. The molecule has 1 unspecified atom stereocenters. The van der Waals surface area contributed by atoms with E-state index in [4.69, 9.17) is 4.42 Å². The second kappa shape index (κ2) is 6.49. The van der Waals surface area contributed by atoms with Crippen molar-refractivity contribution in [2.24, 2.45) is 0 Å². The third-order valence-corrected chi connectivity index (χ3v) is 5.65. The first kappa shape index (κ1) is 17.7. The van der Waals surface area contributed by atoms with Crippen LogP contribution in [0.25, 0.3) is 0 Å². The smallest absolute Gasteiger partial charge is 0.256 e. The van der Waals surface area contributed by atoms with Crippen LogP contribution in [0.1, 0.15) is 40.4 Å². The second-order valence-corrected chi connectivity index (χ2v) is 8.25. The summed E-state index contributed by atoms with van der Waals surface area (Å²) >= 11 is 3.36. The van der Waals surface area contributed by atoms with Crippen LogP contribution in [-0.2, 0) is 9.84 Å². The number of amides is 1. The van der Waals surface area contributed by atoms with Crippen molar-refractivity contribution < 1.29 is 17.6 Å². The van der Waals surface area contributed by atoms with E-state index in [-0.39, 0.29) is 16.8 Å². The van der Waals surface area contributed by atoms with Gasteiger partial charge in [-0.15, -0.1) is 0 Å². The maximum absolute atomic E-state index is 12.4. The van der Waals surface area contributed by atoms with Gasteiger partial charge in [0.1, 0.15) is 11.5 Å². The van der Waals surface area contributed by atoms with Gasteiger partial charge in [-0.05, 0) is 54.4 Å². The van der Waals surface area contributed by atoms with Crippen LogP contribution < -0.4 is 5.32 Å². The van der Waals surface area contributed by atoms with Gasteiger partial charge in [0, 0.05) is 6.26 Å². The van der Waals surface area contributed by atoms with Crippen molar-refractivity contribution in [1.29, 1.82) is 0 Å². The van der Waals surface area contributed by atoms with Crippen molar-refractivity contribution in [3.05, 3.63) is 51.4 Å². The molecule has 0 aliphatic rings. The average Bonchev–Trinajstić information content (AvgIpc) is 2.71. The molecule has 0 saturated heterocycles. The Labute approximate surface area is 144 Å². The van der Waals surface area contributed by atoms with Gasteiger partial charge in [0.2, 0.25) is 0 Å². The fourth-order valence-electron chi connectivity index (χ4n) is 2.27. The molecule has 5 nitrogen and oxygen atoms in total. The number of furan rings is 1. The van der Waals surface area contributed by atoms with E-state index in [0.717, 1.165) is 11.8 Å². The Bertz CT molecular complexity index is 838. The van der Waals surface area contributed by atoms with E-state index < -0.39 is 9.84 Å². The molecule has 1 amide bonds. The highest BCUT2D eigenvalue weighted by Crippen LogP contribution is 2.28. The third-order valence-electron chi connectivity index (χ3n) is 3.57. The maximum Gasteiger partial charge on any atom is 0.256 e. The average molecular weight is 400 g/mol. The molecule has 0 bridgehead atoms. The van der Waals surface area contributed by atoms with Crippen molar-refractivity contribution in [3.8, 4) is 0 Å². The summed E-state index contributed by atoms with van der Waals surface area (Å²) in [6, 6.07) is 6.21. The molecule has 1 aromatic heterocycles. The fourth-order valence-corrected chi connectivity index (χ4v) is 3.44. The molecule has 1 heterocycles. The lowest BCUT2D eigenvalue weighted by atomic mass is 10.1. The predicted octanol–water partition coefficient (Wildman–Crippen LogP) is 3.55. The van der Waals surface area contributed by atoms with Gasteiger partial charge in [0.15, 0.2) is 9.84 Å². The molecule has 0 aliphatic heterocycles. The number of carbonyl (C=O) groups is 1. The van der Waals surface area contributed by atoms with E-state index in [9.17, 15) is 13.2 Å². The topological polar surface area (TPSA) is 76.4 Å². The Morgan fingerprint density at radius 3 is 2.17 bits per heavy atom. The molecule has 0 fully saturated rings. The zero-order valence-corrected chi connectivity index (χ0v) is 15.7. The Hall–Kier alpha value is -1.60. The molecule has 124 valence electrons. The summed E-state index contributed by atoms with van der Waals surface area (Å²) in [6.45, 7) is 5.35. The van der Waals surface area contributed by atoms with Gasteiger partial charge in [-0.3, -0.25) is 4.79 Å². The molecular weight excluding hydrogens is 382 g/mol. The number of hydrogen-bond acceptors (Lipinski definition) is 4. The Balaban J connectivity index is 2.18. The highest BCUT2D eigenvalue weighted by atomic mass is 79.9. The largest absolute Gasteiger partial charge is 0.465 e. The predicted molar refractivity (Wildman–Crippen MR) is 91.3 cm³/mol. The Morgan fingerprint density at radius 2 is 1.74 bits per heavy atom. The SMILES string of the molecule is Cc1oc(C)c(C(=O)NC(C)c2ccc(S(C)(=O)=O)cc2)c1Br. The van der Waals surface area contributed by atoms with Crippen molar-refractivity contribution >= 4 is 31.7 Å². The van der Waals surface area contributed by atoms with Crippen LogP contribution in [0.4, 0.5) is 0 Å². The van der Waals surface area contributed by atoms with Gasteiger partial charge < -0.3 is 9.73 Å². The molecule has 0 aliphatic carbocycles. The van der Waals surface area contributed by atoms with Crippen molar-refractivity contribution in [1.82, 2.24) is 5.32 Å². The standard InChI is InChI=1S/C16H18BrNO4S/c1-9(12-5-7-13(8-6-12)23(4,20)21)18-16(19)14-10(2)22-11(3)15(14)17/h5-9H,1-4H3,(H,18,19). The number of rotatable bonds is 4. The normalized spacial score (nSPS) is 12.9. The van der Waals surface area contributed by atoms with Crippen LogP contribution in [0.15, 0.2) is 38.1 Å². The van der Waals surface area contributed by atoms with Gasteiger partial charge in [-0.2, -0.15) is 0 Å². The molecular formula is C16H18BrNO4S. The van der Waals surface area contributed by atoms with Crippen molar-refractivity contribution in [2.45, 2.75) is 31.7 Å². The monoisotopic (exact) mass is 399 g/mol. The lowest BCUT2D eigenvalue weighted by Gasteiger charge is -2.14. The minimum Gasteiger partial charge on any atom is -0.465 e. The van der Waals surface area contributed by atoms with Crippen molar-refractivity contribution in [2.75, 3.05) is 6.26 Å². The van der Waals surface area contributed by atoms with E-state index in [1.54, 1.807) is 26.0 Å². The number of carbonyl (C=O) groups excluding carboxylic acids is 1. The first-order valence-electron chi connectivity index (χ1n) is 6.97. The highest BCUT2D eigenvalue weighted by molar-refractivity contribution is 9.10. The summed E-state index contributed by atoms with van der Waals surface area (Å²) in [6.07, 6.45) is 1.16. The lowest BCUT2D eigenvalue weighted by Crippen LogP contribution is -2.27. The summed E-state index contributed by atoms with van der Waals surface area (Å²) in [5, 5.41) is 2.89. The molecule has 2 aromatic rings. The molecule has 1 N–H and O–H groups in total. The van der Waals surface area contributed by atoms with Gasteiger partial charge in [0.25, 0.3) is 5.91 Å². The van der Waals surface area contributed by atoms with Crippen LogP contribution in [0.2, 0.25) is 0 Å². The first-order chi connectivity index (χ1) is 10.6. The molecule has 0 radical (unpaired) electrons.